The largest absolute Gasteiger partial charge is 0.356 e. The third kappa shape index (κ3) is 4.29. The van der Waals surface area contributed by atoms with Gasteiger partial charge in [0.15, 0.2) is 0 Å². The van der Waals surface area contributed by atoms with Crippen molar-refractivity contribution in [3.63, 3.8) is 0 Å². The molecule has 1 aromatic rings. The molecule has 1 saturated heterocycles. The van der Waals surface area contributed by atoms with Crippen LogP contribution in [0.1, 0.15) is 56.6 Å². The highest BCUT2D eigenvalue weighted by Crippen LogP contribution is 2.28. The van der Waals surface area contributed by atoms with Crippen molar-refractivity contribution in [3.8, 4) is 0 Å². The maximum Gasteiger partial charge on any atom is 0.243 e. The third-order valence-electron chi connectivity index (χ3n) is 5.61. The molecule has 0 saturated carbocycles. The maximum atomic E-state index is 13.0. The van der Waals surface area contributed by atoms with Crippen molar-refractivity contribution in [1.29, 1.82) is 0 Å². The van der Waals surface area contributed by atoms with Gasteiger partial charge in [0, 0.05) is 25.6 Å². The number of hydrogen-bond acceptors (Lipinski definition) is 3. The molecule has 26 heavy (non-hydrogen) atoms. The van der Waals surface area contributed by atoms with Crippen LogP contribution < -0.4 is 5.32 Å². The van der Waals surface area contributed by atoms with E-state index in [1.54, 1.807) is 10.4 Å². The number of aryl methyl sites for hydroxylation is 2. The first-order valence-electron chi connectivity index (χ1n) is 9.92. The molecule has 2 aliphatic rings. The SMILES string of the molecule is CCCCNC(=O)C1CCN(S(=O)(=O)c2ccc3c(c2)CCCC3)CC1. The fourth-order valence-electron chi connectivity index (χ4n) is 3.91. The number of carbonyl (C=O) groups excluding carboxylic acids is 1. The van der Waals surface area contributed by atoms with Crippen molar-refractivity contribution < 1.29 is 13.2 Å². The van der Waals surface area contributed by atoms with Crippen LogP contribution in [0.4, 0.5) is 0 Å². The van der Waals surface area contributed by atoms with Crippen LogP contribution in [0.2, 0.25) is 0 Å². The summed E-state index contributed by atoms with van der Waals surface area (Å²) in [4.78, 5) is 12.6. The summed E-state index contributed by atoms with van der Waals surface area (Å²) in [7, 11) is -3.46. The number of nitrogens with one attached hydrogen (secondary N) is 1. The molecule has 3 rings (SSSR count). The number of unbranched alkanes of at least 4 members (excludes halogenated alkanes) is 1. The molecular formula is C20H30N2O3S. The van der Waals surface area contributed by atoms with E-state index in [-0.39, 0.29) is 11.8 Å². The number of sulfonamides is 1. The second-order valence-electron chi connectivity index (χ2n) is 7.46. The predicted molar refractivity (Wildman–Crippen MR) is 102 cm³/mol. The molecule has 0 atom stereocenters. The summed E-state index contributed by atoms with van der Waals surface area (Å²) in [6.07, 6.45) is 7.58. The number of amides is 1. The highest BCUT2D eigenvalue weighted by atomic mass is 32.2. The van der Waals surface area contributed by atoms with Crippen LogP contribution in [0.15, 0.2) is 23.1 Å². The summed E-state index contributed by atoms with van der Waals surface area (Å²) in [5.41, 5.74) is 2.47. The molecule has 1 fully saturated rings. The normalized spacial score (nSPS) is 19.1. The molecule has 1 heterocycles. The van der Waals surface area contributed by atoms with Crippen molar-refractivity contribution in [2.24, 2.45) is 5.92 Å². The Hall–Kier alpha value is -1.40. The summed E-state index contributed by atoms with van der Waals surface area (Å²) in [6, 6.07) is 5.60. The van der Waals surface area contributed by atoms with Crippen LogP contribution in [-0.2, 0) is 27.7 Å². The van der Waals surface area contributed by atoms with Crippen LogP contribution in [0.5, 0.6) is 0 Å². The molecule has 1 aromatic carbocycles. The molecule has 1 amide bonds. The third-order valence-corrected chi connectivity index (χ3v) is 7.51. The molecule has 0 unspecified atom stereocenters. The number of piperidine rings is 1. The number of carbonyl (C=O) groups is 1. The van der Waals surface area contributed by atoms with Crippen molar-refractivity contribution in [3.05, 3.63) is 29.3 Å². The fourth-order valence-corrected chi connectivity index (χ4v) is 5.43. The zero-order valence-electron chi connectivity index (χ0n) is 15.7. The summed E-state index contributed by atoms with van der Waals surface area (Å²) in [5, 5.41) is 2.97. The lowest BCUT2D eigenvalue weighted by molar-refractivity contribution is -0.126. The van der Waals surface area contributed by atoms with Crippen molar-refractivity contribution in [1.82, 2.24) is 9.62 Å². The Balaban J connectivity index is 1.62. The minimum atomic E-state index is -3.46. The smallest absolute Gasteiger partial charge is 0.243 e. The molecule has 0 radical (unpaired) electrons. The lowest BCUT2D eigenvalue weighted by Crippen LogP contribution is -2.43. The van der Waals surface area contributed by atoms with Crippen molar-refractivity contribution in [2.45, 2.75) is 63.2 Å². The average Bonchev–Trinajstić information content (AvgIpc) is 2.67. The van der Waals surface area contributed by atoms with Gasteiger partial charge in [0.2, 0.25) is 15.9 Å². The minimum absolute atomic E-state index is 0.0677. The second kappa shape index (κ2) is 8.53. The van der Waals surface area contributed by atoms with Gasteiger partial charge in [0.05, 0.1) is 4.90 Å². The van der Waals surface area contributed by atoms with Gasteiger partial charge in [-0.25, -0.2) is 8.42 Å². The van der Waals surface area contributed by atoms with Crippen LogP contribution in [0, 0.1) is 5.92 Å². The number of rotatable bonds is 6. The fraction of sp³-hybridized carbons (Fsp3) is 0.650. The number of fused-ring (bicyclic) bond motifs is 1. The van der Waals surface area contributed by atoms with Crippen LogP contribution in [0.3, 0.4) is 0 Å². The highest BCUT2D eigenvalue weighted by Gasteiger charge is 2.32. The topological polar surface area (TPSA) is 66.5 Å². The number of benzene rings is 1. The summed E-state index contributed by atoms with van der Waals surface area (Å²) in [5.74, 6) is 0.00566. The predicted octanol–water partition coefficient (Wildman–Crippen LogP) is 2.88. The Morgan fingerprint density at radius 1 is 1.15 bits per heavy atom. The van der Waals surface area contributed by atoms with E-state index in [2.05, 4.69) is 12.2 Å². The zero-order chi connectivity index (χ0) is 18.6. The Morgan fingerprint density at radius 3 is 2.54 bits per heavy atom. The first-order valence-corrected chi connectivity index (χ1v) is 11.4. The molecule has 1 N–H and O–H groups in total. The van der Waals surface area contributed by atoms with E-state index in [0.29, 0.717) is 37.4 Å². The number of hydrogen-bond donors (Lipinski definition) is 1. The van der Waals surface area contributed by atoms with Gasteiger partial charge in [0.1, 0.15) is 0 Å². The van der Waals surface area contributed by atoms with Gasteiger partial charge in [-0.2, -0.15) is 4.31 Å². The van der Waals surface area contributed by atoms with E-state index in [4.69, 9.17) is 0 Å². The van der Waals surface area contributed by atoms with Gasteiger partial charge < -0.3 is 5.32 Å². The molecule has 6 heteroatoms. The van der Waals surface area contributed by atoms with Crippen LogP contribution in [0.25, 0.3) is 0 Å². The van der Waals surface area contributed by atoms with Gasteiger partial charge >= 0.3 is 0 Å². The molecule has 144 valence electrons. The maximum absolute atomic E-state index is 13.0. The van der Waals surface area contributed by atoms with E-state index in [0.717, 1.165) is 32.1 Å². The highest BCUT2D eigenvalue weighted by molar-refractivity contribution is 7.89. The van der Waals surface area contributed by atoms with Gasteiger partial charge in [0.25, 0.3) is 0 Å². The van der Waals surface area contributed by atoms with Crippen molar-refractivity contribution in [2.75, 3.05) is 19.6 Å². The molecule has 1 aliphatic heterocycles. The van der Waals surface area contributed by atoms with Crippen LogP contribution >= 0.6 is 0 Å². The van der Waals surface area contributed by atoms with Gasteiger partial charge in [-0.3, -0.25) is 4.79 Å². The van der Waals surface area contributed by atoms with E-state index < -0.39 is 10.0 Å². The van der Waals surface area contributed by atoms with Crippen molar-refractivity contribution >= 4 is 15.9 Å². The zero-order valence-corrected chi connectivity index (χ0v) is 16.5. The minimum Gasteiger partial charge on any atom is -0.356 e. The Bertz CT molecular complexity index is 737. The average molecular weight is 379 g/mol. The molecule has 0 spiro atoms. The first-order chi connectivity index (χ1) is 12.5. The Labute approximate surface area is 157 Å². The van der Waals surface area contributed by atoms with E-state index in [1.807, 2.05) is 12.1 Å². The second-order valence-corrected chi connectivity index (χ2v) is 9.40. The lowest BCUT2D eigenvalue weighted by atomic mass is 9.92. The van der Waals surface area contributed by atoms with Gasteiger partial charge in [-0.05, 0) is 68.2 Å². The van der Waals surface area contributed by atoms with Crippen LogP contribution in [-0.4, -0.2) is 38.3 Å². The van der Waals surface area contributed by atoms with E-state index in [1.165, 1.54) is 17.5 Å². The first kappa shape index (κ1) is 19.4. The molecule has 1 aliphatic carbocycles. The Morgan fingerprint density at radius 2 is 1.85 bits per heavy atom. The molecule has 0 bridgehead atoms. The van der Waals surface area contributed by atoms with Gasteiger partial charge in [-0.15, -0.1) is 0 Å². The lowest BCUT2D eigenvalue weighted by Gasteiger charge is -2.31. The monoisotopic (exact) mass is 378 g/mol. The van der Waals surface area contributed by atoms with E-state index >= 15 is 0 Å². The van der Waals surface area contributed by atoms with Gasteiger partial charge in [-0.1, -0.05) is 19.4 Å². The Kier molecular flexibility index (Phi) is 6.35. The van der Waals surface area contributed by atoms with E-state index in [9.17, 15) is 13.2 Å². The summed E-state index contributed by atoms with van der Waals surface area (Å²) in [6.45, 7) is 3.65. The standard InChI is InChI=1S/C20H30N2O3S/c1-2-3-12-21-20(23)17-10-13-22(14-11-17)26(24,25)19-9-8-16-6-4-5-7-18(16)15-19/h8-9,15,17H,2-7,10-14H2,1H3,(H,21,23). The molecule has 0 aromatic heterocycles. The summed E-state index contributed by atoms with van der Waals surface area (Å²) < 4.78 is 27.5. The number of nitrogens with zero attached hydrogens (tertiary/aromatic N) is 1. The molecule has 5 nitrogen and oxygen atoms in total. The summed E-state index contributed by atoms with van der Waals surface area (Å²) >= 11 is 0. The molecular weight excluding hydrogens is 348 g/mol. The quantitative estimate of drug-likeness (QED) is 0.774.